The highest BCUT2D eigenvalue weighted by molar-refractivity contribution is 5.94. The van der Waals surface area contributed by atoms with Crippen molar-refractivity contribution in [2.75, 3.05) is 11.9 Å². The highest BCUT2D eigenvalue weighted by atomic mass is 19.2. The van der Waals surface area contributed by atoms with Crippen LogP contribution in [0.2, 0.25) is 0 Å². The third kappa shape index (κ3) is 1.92. The average Bonchev–Trinajstić information content (AvgIpc) is 2.89. The normalized spacial score (nSPS) is 13.8. The molecular formula is C15H15F3N2. The lowest BCUT2D eigenvalue weighted by Crippen LogP contribution is -2.07. The van der Waals surface area contributed by atoms with E-state index in [4.69, 9.17) is 0 Å². The van der Waals surface area contributed by atoms with Crippen molar-refractivity contribution in [3.63, 3.8) is 0 Å². The Morgan fingerprint density at radius 2 is 2.00 bits per heavy atom. The molecule has 0 aliphatic heterocycles. The van der Waals surface area contributed by atoms with Crippen LogP contribution in [0.25, 0.3) is 10.9 Å². The number of nitrogens with zero attached hydrogens (tertiary/aromatic N) is 1. The molecule has 0 atom stereocenters. The van der Waals surface area contributed by atoms with E-state index in [2.05, 4.69) is 10.3 Å². The minimum atomic E-state index is -1.43. The topological polar surface area (TPSA) is 24.9 Å². The van der Waals surface area contributed by atoms with Crippen LogP contribution in [0.3, 0.4) is 0 Å². The number of hydrogen-bond acceptors (Lipinski definition) is 2. The molecule has 1 aromatic heterocycles. The van der Waals surface area contributed by atoms with E-state index >= 15 is 0 Å². The second kappa shape index (κ2) is 4.96. The molecule has 1 aromatic carbocycles. The van der Waals surface area contributed by atoms with E-state index in [1.165, 1.54) is 0 Å². The van der Waals surface area contributed by atoms with Crippen LogP contribution in [-0.2, 0) is 12.8 Å². The van der Waals surface area contributed by atoms with Gasteiger partial charge in [0.05, 0.1) is 16.6 Å². The van der Waals surface area contributed by atoms with Gasteiger partial charge in [-0.05, 0) is 31.2 Å². The minimum Gasteiger partial charge on any atom is -0.384 e. The molecule has 20 heavy (non-hydrogen) atoms. The van der Waals surface area contributed by atoms with E-state index < -0.39 is 17.5 Å². The number of rotatable bonds is 3. The summed E-state index contributed by atoms with van der Waals surface area (Å²) in [6.45, 7) is 2.65. The first-order chi connectivity index (χ1) is 9.63. The van der Waals surface area contributed by atoms with E-state index in [9.17, 15) is 13.2 Å². The third-order valence-corrected chi connectivity index (χ3v) is 3.69. The molecule has 2 aromatic rings. The van der Waals surface area contributed by atoms with Crippen LogP contribution in [0.15, 0.2) is 6.07 Å². The molecule has 0 unspecified atom stereocenters. The van der Waals surface area contributed by atoms with Crippen molar-refractivity contribution in [2.24, 2.45) is 0 Å². The second-order valence-corrected chi connectivity index (χ2v) is 5.07. The summed E-state index contributed by atoms with van der Waals surface area (Å²) in [7, 11) is 0. The number of aryl methyl sites for hydroxylation is 1. The van der Waals surface area contributed by atoms with Crippen molar-refractivity contribution < 1.29 is 13.2 Å². The molecule has 1 aliphatic rings. The number of hydrogen-bond donors (Lipinski definition) is 1. The molecule has 0 fully saturated rings. The predicted molar refractivity (Wildman–Crippen MR) is 72.4 cm³/mol. The lowest BCUT2D eigenvalue weighted by atomic mass is 10.1. The first kappa shape index (κ1) is 13.2. The fourth-order valence-corrected chi connectivity index (χ4v) is 2.77. The van der Waals surface area contributed by atoms with Gasteiger partial charge in [0.2, 0.25) is 0 Å². The molecule has 0 saturated heterocycles. The van der Waals surface area contributed by atoms with Crippen molar-refractivity contribution in [1.82, 2.24) is 4.98 Å². The van der Waals surface area contributed by atoms with Crippen LogP contribution < -0.4 is 5.32 Å². The van der Waals surface area contributed by atoms with Gasteiger partial charge in [-0.2, -0.15) is 0 Å². The van der Waals surface area contributed by atoms with E-state index in [-0.39, 0.29) is 10.9 Å². The summed E-state index contributed by atoms with van der Waals surface area (Å²) < 4.78 is 41.0. The lowest BCUT2D eigenvalue weighted by Gasteiger charge is -2.15. The number of fused-ring (bicyclic) bond motifs is 2. The van der Waals surface area contributed by atoms with Crippen LogP contribution >= 0.6 is 0 Å². The Bertz CT molecular complexity index is 683. The molecule has 0 bridgehead atoms. The maximum atomic E-state index is 14.1. The van der Waals surface area contributed by atoms with Gasteiger partial charge >= 0.3 is 0 Å². The van der Waals surface area contributed by atoms with Crippen LogP contribution in [0.5, 0.6) is 0 Å². The van der Waals surface area contributed by atoms with Gasteiger partial charge in [0, 0.05) is 18.3 Å². The predicted octanol–water partition coefficient (Wildman–Crippen LogP) is 3.96. The second-order valence-electron chi connectivity index (χ2n) is 5.07. The summed E-state index contributed by atoms with van der Waals surface area (Å²) in [5.74, 6) is -3.78. The zero-order valence-electron chi connectivity index (χ0n) is 11.2. The van der Waals surface area contributed by atoms with Crippen LogP contribution in [0.4, 0.5) is 18.9 Å². The summed E-state index contributed by atoms with van der Waals surface area (Å²) in [6.07, 6.45) is 3.39. The van der Waals surface area contributed by atoms with Gasteiger partial charge in [-0.15, -0.1) is 0 Å². The lowest BCUT2D eigenvalue weighted by molar-refractivity contribution is 0.453. The monoisotopic (exact) mass is 280 g/mol. The minimum absolute atomic E-state index is 0.0676. The van der Waals surface area contributed by atoms with E-state index in [1.807, 2.05) is 6.92 Å². The van der Waals surface area contributed by atoms with Gasteiger partial charge in [-0.1, -0.05) is 6.92 Å². The Morgan fingerprint density at radius 1 is 1.20 bits per heavy atom. The van der Waals surface area contributed by atoms with E-state index in [1.54, 1.807) is 0 Å². The van der Waals surface area contributed by atoms with Crippen LogP contribution in [-0.4, -0.2) is 11.5 Å². The van der Waals surface area contributed by atoms with Crippen molar-refractivity contribution in [1.29, 1.82) is 0 Å². The number of halogens is 3. The summed E-state index contributed by atoms with van der Waals surface area (Å²) in [6, 6.07) is 0.976. The molecule has 3 rings (SSSR count). The van der Waals surface area contributed by atoms with E-state index in [0.717, 1.165) is 43.0 Å². The Labute approximate surface area is 115 Å². The highest BCUT2D eigenvalue weighted by Crippen LogP contribution is 2.36. The zero-order chi connectivity index (χ0) is 14.3. The fourth-order valence-electron chi connectivity index (χ4n) is 2.77. The Hall–Kier alpha value is -1.78. The maximum Gasteiger partial charge on any atom is 0.195 e. The Balaban J connectivity index is 2.33. The van der Waals surface area contributed by atoms with Gasteiger partial charge in [0.25, 0.3) is 0 Å². The van der Waals surface area contributed by atoms with Crippen LogP contribution in [0, 0.1) is 17.5 Å². The smallest absolute Gasteiger partial charge is 0.195 e. The van der Waals surface area contributed by atoms with Gasteiger partial charge in [0.1, 0.15) is 0 Å². The third-order valence-electron chi connectivity index (χ3n) is 3.69. The van der Waals surface area contributed by atoms with Crippen molar-refractivity contribution >= 4 is 16.6 Å². The summed E-state index contributed by atoms with van der Waals surface area (Å²) in [5, 5.41) is 3.22. The number of anilines is 1. The van der Waals surface area contributed by atoms with Gasteiger partial charge < -0.3 is 5.32 Å². The first-order valence-corrected chi connectivity index (χ1v) is 6.86. The van der Waals surface area contributed by atoms with Crippen molar-refractivity contribution in [3.05, 3.63) is 34.8 Å². The molecule has 1 heterocycles. The highest BCUT2D eigenvalue weighted by Gasteiger charge is 2.24. The zero-order valence-corrected chi connectivity index (χ0v) is 11.2. The fraction of sp³-hybridized carbons (Fsp3) is 0.400. The molecule has 1 aliphatic carbocycles. The molecule has 106 valence electrons. The SMILES string of the molecule is CCCNc1c2c(nc3cc(F)c(F)c(F)c13)CCC2. The Morgan fingerprint density at radius 3 is 2.75 bits per heavy atom. The number of aromatic nitrogens is 1. The molecule has 1 N–H and O–H groups in total. The van der Waals surface area contributed by atoms with Gasteiger partial charge in [-0.25, -0.2) is 13.2 Å². The average molecular weight is 280 g/mol. The largest absolute Gasteiger partial charge is 0.384 e. The van der Waals surface area contributed by atoms with E-state index in [0.29, 0.717) is 12.2 Å². The summed E-state index contributed by atoms with van der Waals surface area (Å²) in [4.78, 5) is 4.30. The summed E-state index contributed by atoms with van der Waals surface area (Å²) >= 11 is 0. The molecule has 0 radical (unpaired) electrons. The molecule has 0 saturated carbocycles. The standard InChI is InChI=1S/C15H15F3N2/c1-2-6-19-15-8-4-3-5-10(8)20-11-7-9(16)13(17)14(18)12(11)15/h7H,2-6H2,1H3,(H,19,20). The number of nitrogens with one attached hydrogen (secondary N) is 1. The molecular weight excluding hydrogens is 265 g/mol. The van der Waals surface area contributed by atoms with Crippen molar-refractivity contribution in [2.45, 2.75) is 32.6 Å². The van der Waals surface area contributed by atoms with Crippen LogP contribution in [0.1, 0.15) is 31.0 Å². The molecule has 0 amide bonds. The quantitative estimate of drug-likeness (QED) is 0.861. The van der Waals surface area contributed by atoms with Gasteiger partial charge in [0.15, 0.2) is 17.5 Å². The maximum absolute atomic E-state index is 14.1. The number of pyridine rings is 1. The molecule has 0 spiro atoms. The molecule has 5 heteroatoms. The summed E-state index contributed by atoms with van der Waals surface area (Å²) in [5.41, 5.74) is 2.57. The van der Waals surface area contributed by atoms with Crippen molar-refractivity contribution in [3.8, 4) is 0 Å². The van der Waals surface area contributed by atoms with Gasteiger partial charge in [-0.3, -0.25) is 4.98 Å². The Kier molecular flexibility index (Phi) is 3.28. The first-order valence-electron chi connectivity index (χ1n) is 6.86. The molecule has 2 nitrogen and oxygen atoms in total. The number of benzene rings is 1.